The number of amidine groups is 1. The summed E-state index contributed by atoms with van der Waals surface area (Å²) in [6, 6.07) is 17.0. The molecule has 11 nitrogen and oxygen atoms in total. The maximum Gasteiger partial charge on any atom is 0.416 e. The third-order valence-electron chi connectivity index (χ3n) is 6.65. The fraction of sp³-hybridized carbons (Fsp3) is 0.250. The Labute approximate surface area is 263 Å². The van der Waals surface area contributed by atoms with E-state index < -0.39 is 29.8 Å². The normalized spacial score (nSPS) is 11.8. The lowest BCUT2D eigenvalue weighted by molar-refractivity contribution is -0.137. The van der Waals surface area contributed by atoms with Gasteiger partial charge in [0.1, 0.15) is 18.9 Å². The van der Waals surface area contributed by atoms with Crippen LogP contribution in [0, 0.1) is 0 Å². The summed E-state index contributed by atoms with van der Waals surface area (Å²) in [6.45, 7) is 3.42. The van der Waals surface area contributed by atoms with E-state index >= 15 is 0 Å². The van der Waals surface area contributed by atoms with E-state index in [2.05, 4.69) is 20.8 Å². The van der Waals surface area contributed by atoms with Gasteiger partial charge in [-0.1, -0.05) is 41.6 Å². The number of hydrogen-bond donors (Lipinski definition) is 4. The van der Waals surface area contributed by atoms with Crippen molar-refractivity contribution in [3.63, 3.8) is 0 Å². The van der Waals surface area contributed by atoms with Crippen LogP contribution in [0.25, 0.3) is 11.3 Å². The molecule has 0 saturated carbocycles. The van der Waals surface area contributed by atoms with Gasteiger partial charge in [-0.15, -0.1) is 0 Å². The monoisotopic (exact) mass is 637 g/mol. The second kappa shape index (κ2) is 14.5. The molecule has 0 unspecified atom stereocenters. The first kappa shape index (κ1) is 33.4. The molecule has 0 spiro atoms. The van der Waals surface area contributed by atoms with Gasteiger partial charge in [0.15, 0.2) is 11.7 Å². The zero-order valence-electron chi connectivity index (χ0n) is 25.4. The highest BCUT2D eigenvalue weighted by Gasteiger charge is 2.31. The number of aromatic nitrogens is 2. The van der Waals surface area contributed by atoms with Crippen LogP contribution >= 0.6 is 0 Å². The highest BCUT2D eigenvalue weighted by atomic mass is 19.4. The molecule has 0 aliphatic rings. The Kier molecular flexibility index (Phi) is 10.5. The molecule has 4 rings (SSSR count). The van der Waals surface area contributed by atoms with Gasteiger partial charge in [0.05, 0.1) is 24.6 Å². The van der Waals surface area contributed by atoms with Crippen molar-refractivity contribution < 1.29 is 27.5 Å². The summed E-state index contributed by atoms with van der Waals surface area (Å²) in [7, 11) is 1.58. The molecule has 0 radical (unpaired) electrons. The molecule has 0 fully saturated rings. The Bertz CT molecular complexity index is 1750. The lowest BCUT2D eigenvalue weighted by Gasteiger charge is -2.17. The first-order valence-corrected chi connectivity index (χ1v) is 14.1. The van der Waals surface area contributed by atoms with Crippen molar-refractivity contribution in [1.29, 1.82) is 0 Å². The third-order valence-corrected chi connectivity index (χ3v) is 6.65. The second-order valence-corrected chi connectivity index (χ2v) is 10.6. The molecule has 0 aliphatic carbocycles. The number of rotatable bonds is 12. The smallest absolute Gasteiger partial charge is 0.416 e. The summed E-state index contributed by atoms with van der Waals surface area (Å²) in [5.41, 5.74) is 12.2. The number of carbonyl (C=O) groups excluding carboxylic acids is 1. The molecule has 1 aromatic heterocycles. The predicted octanol–water partition coefficient (Wildman–Crippen LogP) is 4.49. The Hall–Kier alpha value is -5.53. The predicted molar refractivity (Wildman–Crippen MR) is 169 cm³/mol. The van der Waals surface area contributed by atoms with Gasteiger partial charge in [-0.05, 0) is 55.3 Å². The van der Waals surface area contributed by atoms with Gasteiger partial charge >= 0.3 is 6.18 Å². The number of carbonyl (C=O) groups is 1. The molecule has 6 N–H and O–H groups in total. The van der Waals surface area contributed by atoms with Crippen molar-refractivity contribution in [3.05, 3.63) is 106 Å². The molecule has 242 valence electrons. The first-order chi connectivity index (χ1) is 21.8. The van der Waals surface area contributed by atoms with Crippen molar-refractivity contribution >= 4 is 23.2 Å². The van der Waals surface area contributed by atoms with Crippen LogP contribution in [0.4, 0.5) is 24.7 Å². The molecule has 14 heteroatoms. The summed E-state index contributed by atoms with van der Waals surface area (Å²) in [5, 5.41) is 9.58. The van der Waals surface area contributed by atoms with Gasteiger partial charge in [-0.25, -0.2) is 4.98 Å². The second-order valence-electron chi connectivity index (χ2n) is 10.6. The van der Waals surface area contributed by atoms with E-state index in [1.165, 1.54) is 12.3 Å². The van der Waals surface area contributed by atoms with E-state index in [0.717, 1.165) is 33.6 Å². The molecular formula is C32H34F3N7O4. The number of benzene rings is 3. The van der Waals surface area contributed by atoms with E-state index in [4.69, 9.17) is 21.0 Å². The molecule has 0 atom stereocenters. The average Bonchev–Trinajstić information content (AvgIpc) is 3.01. The van der Waals surface area contributed by atoms with Gasteiger partial charge in [-0.3, -0.25) is 14.2 Å². The Balaban J connectivity index is 1.45. The van der Waals surface area contributed by atoms with Crippen molar-refractivity contribution in [2.75, 3.05) is 18.2 Å². The van der Waals surface area contributed by atoms with E-state index in [9.17, 15) is 22.8 Å². The van der Waals surface area contributed by atoms with Crippen molar-refractivity contribution in [1.82, 2.24) is 14.9 Å². The number of nitrogens with one attached hydrogen (secondary N) is 2. The maximum atomic E-state index is 13.5. The van der Waals surface area contributed by atoms with Gasteiger partial charge in [0.2, 0.25) is 5.91 Å². The lowest BCUT2D eigenvalue weighted by Crippen LogP contribution is -2.35. The van der Waals surface area contributed by atoms with E-state index in [1.54, 1.807) is 45.2 Å². The summed E-state index contributed by atoms with van der Waals surface area (Å²) < 4.78 is 46.7. The van der Waals surface area contributed by atoms with Crippen LogP contribution in [-0.2, 0) is 35.5 Å². The summed E-state index contributed by atoms with van der Waals surface area (Å²) in [4.78, 5) is 35.8. The number of anilines is 2. The van der Waals surface area contributed by atoms with Crippen LogP contribution in [0.1, 0.15) is 36.1 Å². The van der Waals surface area contributed by atoms with Crippen molar-refractivity contribution in [3.8, 4) is 17.0 Å². The number of nitrogens with two attached hydrogens (primary N) is 2. The fourth-order valence-corrected chi connectivity index (χ4v) is 4.36. The molecule has 3 aromatic carbocycles. The van der Waals surface area contributed by atoms with Crippen LogP contribution in [0.2, 0.25) is 0 Å². The minimum atomic E-state index is -4.67. The van der Waals surface area contributed by atoms with Crippen molar-refractivity contribution in [2.24, 2.45) is 10.9 Å². The fourth-order valence-electron chi connectivity index (χ4n) is 4.36. The molecular weight excluding hydrogens is 603 g/mol. The van der Waals surface area contributed by atoms with Gasteiger partial charge < -0.3 is 31.7 Å². The topological polar surface area (TPSA) is 159 Å². The number of ether oxygens (including phenoxy) is 1. The number of hydrogen-bond acceptors (Lipinski definition) is 8. The number of amides is 1. The van der Waals surface area contributed by atoms with Crippen LogP contribution in [0.15, 0.2) is 82.9 Å². The Morgan fingerprint density at radius 1 is 1.04 bits per heavy atom. The largest absolute Gasteiger partial charge is 0.497 e. The quantitative estimate of drug-likeness (QED) is 0.0766. The molecule has 46 heavy (non-hydrogen) atoms. The Morgan fingerprint density at radius 2 is 1.72 bits per heavy atom. The first-order valence-electron chi connectivity index (χ1n) is 14.1. The zero-order valence-corrected chi connectivity index (χ0v) is 25.4. The maximum absolute atomic E-state index is 13.5. The number of halogens is 3. The lowest BCUT2D eigenvalue weighted by atomic mass is 10.1. The number of nitrogens with zero attached hydrogens (tertiary/aromatic N) is 3. The summed E-state index contributed by atoms with van der Waals surface area (Å²) in [6.07, 6.45) is -3.44. The van der Waals surface area contributed by atoms with Crippen LogP contribution in [-0.4, -0.2) is 34.4 Å². The van der Waals surface area contributed by atoms with Crippen LogP contribution in [0.5, 0.6) is 5.75 Å². The average molecular weight is 638 g/mol. The molecule has 4 aromatic rings. The van der Waals surface area contributed by atoms with E-state index in [-0.39, 0.29) is 47.8 Å². The van der Waals surface area contributed by atoms with Crippen molar-refractivity contribution in [2.45, 2.75) is 45.8 Å². The molecule has 0 saturated heterocycles. The van der Waals surface area contributed by atoms with E-state index in [0.29, 0.717) is 5.56 Å². The Morgan fingerprint density at radius 3 is 2.35 bits per heavy atom. The molecule has 1 heterocycles. The van der Waals surface area contributed by atoms with Gasteiger partial charge in [0.25, 0.3) is 5.56 Å². The minimum absolute atomic E-state index is 0.000538. The van der Waals surface area contributed by atoms with E-state index in [1.807, 2.05) is 24.3 Å². The highest BCUT2D eigenvalue weighted by Crippen LogP contribution is 2.34. The molecule has 0 aliphatic heterocycles. The van der Waals surface area contributed by atoms with Gasteiger partial charge in [0, 0.05) is 29.4 Å². The standard InChI is InChI=1S/C32H34F3N7O4/c1-19(2)40-30-31(44)42(27(16-39-30)23-12-24(32(33,34)35)14-25(36)13-23)17-28(43)38-15-20-4-8-22(9-5-20)29(37)41-46-18-21-6-10-26(45-3)11-7-21/h4-14,16,19H,15,17-18,36H2,1-3H3,(H2,37,41)(H,38,43)(H,39,40). The number of methoxy groups -OCH3 is 1. The minimum Gasteiger partial charge on any atom is -0.497 e. The van der Waals surface area contributed by atoms with Crippen LogP contribution < -0.4 is 32.4 Å². The highest BCUT2D eigenvalue weighted by molar-refractivity contribution is 5.97. The molecule has 1 amide bonds. The van der Waals surface area contributed by atoms with Crippen LogP contribution in [0.3, 0.4) is 0 Å². The zero-order chi connectivity index (χ0) is 33.4. The summed E-state index contributed by atoms with van der Waals surface area (Å²) >= 11 is 0. The SMILES string of the molecule is COc1ccc(CO/N=C(\N)c2ccc(CNC(=O)Cn3c(-c4cc(N)cc(C(F)(F)F)c4)cnc(NC(C)C)c3=O)cc2)cc1. The summed E-state index contributed by atoms with van der Waals surface area (Å²) in [5.74, 6) is 0.291. The number of nitrogen functional groups attached to an aromatic ring is 1. The number of oxime groups is 1. The third kappa shape index (κ3) is 8.77. The van der Waals surface area contributed by atoms with Gasteiger partial charge in [-0.2, -0.15) is 13.2 Å². The molecule has 0 bridgehead atoms. The number of alkyl halides is 3.